The molecule has 1 unspecified atom stereocenters. The number of nitrogens with zero attached hydrogens (tertiary/aromatic N) is 1. The quantitative estimate of drug-likeness (QED) is 0.665. The van der Waals surface area contributed by atoms with E-state index < -0.39 is 5.92 Å². The summed E-state index contributed by atoms with van der Waals surface area (Å²) in [5.41, 5.74) is 1.11. The van der Waals surface area contributed by atoms with Gasteiger partial charge in [0.25, 0.3) is 0 Å². The van der Waals surface area contributed by atoms with Crippen LogP contribution in [0, 0.1) is 11.3 Å². The van der Waals surface area contributed by atoms with Crippen molar-refractivity contribution in [2.45, 2.75) is 5.92 Å². The summed E-state index contributed by atoms with van der Waals surface area (Å²) in [5, 5.41) is 10.6. The molecular formula is C17H10ClNO2. The van der Waals surface area contributed by atoms with E-state index in [-0.39, 0.29) is 11.5 Å². The number of hydrogen-bond acceptors (Lipinski definition) is 3. The zero-order chi connectivity index (χ0) is 14.8. The highest BCUT2D eigenvalue weighted by Crippen LogP contribution is 2.29. The molecule has 21 heavy (non-hydrogen) atoms. The average molecular weight is 296 g/mol. The first-order valence-corrected chi connectivity index (χ1v) is 6.75. The van der Waals surface area contributed by atoms with Crippen molar-refractivity contribution in [3.63, 3.8) is 0 Å². The monoisotopic (exact) mass is 295 g/mol. The van der Waals surface area contributed by atoms with Crippen molar-refractivity contribution in [2.24, 2.45) is 0 Å². The van der Waals surface area contributed by atoms with Crippen LogP contribution in [0.5, 0.6) is 0 Å². The number of hydrogen-bond donors (Lipinski definition) is 0. The minimum atomic E-state index is -0.973. The lowest BCUT2D eigenvalue weighted by atomic mass is 9.94. The Morgan fingerprint density at radius 3 is 2.57 bits per heavy atom. The fourth-order valence-electron chi connectivity index (χ4n) is 2.22. The highest BCUT2D eigenvalue weighted by molar-refractivity contribution is 6.31. The molecule has 0 N–H and O–H groups in total. The Balaban J connectivity index is 2.03. The molecule has 0 aliphatic heterocycles. The van der Waals surface area contributed by atoms with Gasteiger partial charge in [0.05, 0.1) is 6.07 Å². The number of carbonyl (C=O) groups excluding carboxylic acids is 1. The molecule has 3 rings (SSSR count). The minimum Gasteiger partial charge on any atom is -0.453 e. The Kier molecular flexibility index (Phi) is 3.47. The maximum Gasteiger partial charge on any atom is 0.219 e. The van der Waals surface area contributed by atoms with E-state index in [0.29, 0.717) is 16.2 Å². The molecule has 3 aromatic rings. The minimum absolute atomic E-state index is 0.169. The fourth-order valence-corrected chi connectivity index (χ4v) is 2.47. The normalized spacial score (nSPS) is 12.0. The van der Waals surface area contributed by atoms with Crippen LogP contribution in [0.2, 0.25) is 5.02 Å². The Labute approximate surface area is 126 Å². The molecule has 0 fully saturated rings. The SMILES string of the molecule is N#CC(C(=O)c1cc2ccccc2o1)c1ccccc1Cl. The first-order chi connectivity index (χ1) is 10.2. The smallest absolute Gasteiger partial charge is 0.219 e. The van der Waals surface area contributed by atoms with Crippen molar-refractivity contribution < 1.29 is 9.21 Å². The maximum absolute atomic E-state index is 12.5. The summed E-state index contributed by atoms with van der Waals surface area (Å²) in [6.07, 6.45) is 0. The highest BCUT2D eigenvalue weighted by Gasteiger charge is 2.26. The van der Waals surface area contributed by atoms with Gasteiger partial charge in [-0.3, -0.25) is 4.79 Å². The fraction of sp³-hybridized carbons (Fsp3) is 0.0588. The zero-order valence-corrected chi connectivity index (χ0v) is 11.7. The third-order valence-corrected chi connectivity index (χ3v) is 3.62. The summed E-state index contributed by atoms with van der Waals surface area (Å²) < 4.78 is 5.53. The molecule has 3 nitrogen and oxygen atoms in total. The van der Waals surface area contributed by atoms with Crippen LogP contribution in [-0.2, 0) is 0 Å². The molecule has 0 spiro atoms. The van der Waals surface area contributed by atoms with E-state index in [1.54, 1.807) is 36.4 Å². The van der Waals surface area contributed by atoms with Crippen molar-refractivity contribution in [3.8, 4) is 6.07 Å². The van der Waals surface area contributed by atoms with E-state index in [2.05, 4.69) is 0 Å². The van der Waals surface area contributed by atoms with Gasteiger partial charge in [-0.1, -0.05) is 48.0 Å². The molecule has 102 valence electrons. The summed E-state index contributed by atoms with van der Waals surface area (Å²) in [5.74, 6) is -1.19. The lowest BCUT2D eigenvalue weighted by molar-refractivity contribution is 0.0954. The number of fused-ring (bicyclic) bond motifs is 1. The molecule has 0 radical (unpaired) electrons. The Bertz CT molecular complexity index is 827. The van der Waals surface area contributed by atoms with Crippen LogP contribution in [0.25, 0.3) is 11.0 Å². The van der Waals surface area contributed by atoms with Gasteiger partial charge in [0.2, 0.25) is 5.78 Å². The summed E-state index contributed by atoms with van der Waals surface area (Å²) in [6, 6.07) is 17.8. The second-order valence-electron chi connectivity index (χ2n) is 4.60. The molecule has 1 aromatic heterocycles. The number of nitriles is 1. The average Bonchev–Trinajstić information content (AvgIpc) is 2.93. The third kappa shape index (κ3) is 2.42. The second kappa shape index (κ2) is 5.43. The number of para-hydroxylation sites is 1. The number of Topliss-reactive ketones (excluding diaryl/α,β-unsaturated/α-hetero) is 1. The molecule has 0 saturated carbocycles. The van der Waals surface area contributed by atoms with E-state index >= 15 is 0 Å². The first kappa shape index (κ1) is 13.4. The van der Waals surface area contributed by atoms with Gasteiger partial charge in [0, 0.05) is 10.4 Å². The van der Waals surface area contributed by atoms with Gasteiger partial charge >= 0.3 is 0 Å². The number of benzene rings is 2. The maximum atomic E-state index is 12.5. The van der Waals surface area contributed by atoms with Gasteiger partial charge in [-0.2, -0.15) is 5.26 Å². The molecular weight excluding hydrogens is 286 g/mol. The van der Waals surface area contributed by atoms with Crippen molar-refractivity contribution in [1.82, 2.24) is 0 Å². The predicted molar refractivity (Wildman–Crippen MR) is 80.4 cm³/mol. The van der Waals surface area contributed by atoms with Gasteiger partial charge in [-0.05, 0) is 23.8 Å². The lowest BCUT2D eigenvalue weighted by Crippen LogP contribution is -2.10. The van der Waals surface area contributed by atoms with E-state index in [4.69, 9.17) is 16.0 Å². The molecule has 0 amide bonds. The van der Waals surface area contributed by atoms with Crippen LogP contribution < -0.4 is 0 Å². The van der Waals surface area contributed by atoms with Gasteiger partial charge in [0.15, 0.2) is 5.76 Å². The number of carbonyl (C=O) groups is 1. The number of ketones is 1. The first-order valence-electron chi connectivity index (χ1n) is 6.37. The van der Waals surface area contributed by atoms with Crippen LogP contribution in [0.3, 0.4) is 0 Å². The van der Waals surface area contributed by atoms with E-state index in [1.807, 2.05) is 24.3 Å². The van der Waals surface area contributed by atoms with Gasteiger partial charge in [-0.15, -0.1) is 0 Å². The molecule has 0 aliphatic rings. The largest absolute Gasteiger partial charge is 0.453 e. The van der Waals surface area contributed by atoms with E-state index in [0.717, 1.165) is 5.39 Å². The second-order valence-corrected chi connectivity index (χ2v) is 5.00. The van der Waals surface area contributed by atoms with Gasteiger partial charge < -0.3 is 4.42 Å². The summed E-state index contributed by atoms with van der Waals surface area (Å²) >= 11 is 6.07. The molecule has 1 atom stereocenters. The Morgan fingerprint density at radius 2 is 1.86 bits per heavy atom. The van der Waals surface area contributed by atoms with Crippen LogP contribution in [0.1, 0.15) is 22.0 Å². The summed E-state index contributed by atoms with van der Waals surface area (Å²) in [6.45, 7) is 0. The summed E-state index contributed by atoms with van der Waals surface area (Å²) in [4.78, 5) is 12.5. The topological polar surface area (TPSA) is 54.0 Å². The molecule has 0 aliphatic carbocycles. The Hall–Kier alpha value is -2.57. The molecule has 1 heterocycles. The van der Waals surface area contributed by atoms with E-state index in [1.165, 1.54) is 0 Å². The zero-order valence-electron chi connectivity index (χ0n) is 10.9. The van der Waals surface area contributed by atoms with Crippen LogP contribution in [0.4, 0.5) is 0 Å². The number of halogens is 1. The number of furan rings is 1. The standard InChI is InChI=1S/C17H10ClNO2/c18-14-7-3-2-6-12(14)13(10-19)17(20)16-9-11-5-1-4-8-15(11)21-16/h1-9,13H. The van der Waals surface area contributed by atoms with Crippen molar-refractivity contribution in [1.29, 1.82) is 5.26 Å². The van der Waals surface area contributed by atoms with Crippen molar-refractivity contribution >= 4 is 28.4 Å². The molecule has 2 aromatic carbocycles. The molecule has 0 saturated heterocycles. The van der Waals surface area contributed by atoms with Crippen LogP contribution >= 0.6 is 11.6 Å². The number of rotatable bonds is 3. The Morgan fingerprint density at radius 1 is 1.14 bits per heavy atom. The van der Waals surface area contributed by atoms with Crippen LogP contribution in [-0.4, -0.2) is 5.78 Å². The highest BCUT2D eigenvalue weighted by atomic mass is 35.5. The molecule has 4 heteroatoms. The summed E-state index contributed by atoms with van der Waals surface area (Å²) in [7, 11) is 0. The van der Waals surface area contributed by atoms with Crippen molar-refractivity contribution in [3.05, 3.63) is 70.9 Å². The van der Waals surface area contributed by atoms with Gasteiger partial charge in [-0.25, -0.2) is 0 Å². The van der Waals surface area contributed by atoms with Crippen molar-refractivity contribution in [2.75, 3.05) is 0 Å². The van der Waals surface area contributed by atoms with Gasteiger partial charge in [0.1, 0.15) is 11.5 Å². The van der Waals surface area contributed by atoms with Crippen LogP contribution in [0.15, 0.2) is 59.0 Å². The third-order valence-electron chi connectivity index (χ3n) is 3.28. The lowest BCUT2D eigenvalue weighted by Gasteiger charge is -2.08. The molecule has 0 bridgehead atoms. The van der Waals surface area contributed by atoms with E-state index in [9.17, 15) is 10.1 Å². The predicted octanol–water partition coefficient (Wildman–Crippen LogP) is 4.58.